The Kier molecular flexibility index (Phi) is 4.44. The molecule has 2 aromatic carbocycles. The van der Waals surface area contributed by atoms with Gasteiger partial charge in [-0.3, -0.25) is 24.6 Å². The Morgan fingerprint density at radius 1 is 1.04 bits per heavy atom. The number of aromatic nitrogens is 1. The number of benzene rings is 2. The van der Waals surface area contributed by atoms with Crippen molar-refractivity contribution in [3.63, 3.8) is 0 Å². The van der Waals surface area contributed by atoms with Crippen LogP contribution in [0.15, 0.2) is 59.8 Å². The Hall–Kier alpha value is -3.45. The highest BCUT2D eigenvalue weighted by Gasteiger charge is 2.38. The molecule has 28 heavy (non-hydrogen) atoms. The first-order valence-electron chi connectivity index (χ1n) is 8.53. The number of amides is 2. The summed E-state index contributed by atoms with van der Waals surface area (Å²) in [7, 11) is 0. The summed E-state index contributed by atoms with van der Waals surface area (Å²) < 4.78 is 0. The van der Waals surface area contributed by atoms with Gasteiger partial charge in [0.25, 0.3) is 17.5 Å². The second kappa shape index (κ2) is 6.94. The monoisotopic (exact) mass is 395 g/mol. The van der Waals surface area contributed by atoms with Gasteiger partial charge in [0, 0.05) is 35.8 Å². The van der Waals surface area contributed by atoms with Gasteiger partial charge in [-0.15, -0.1) is 0 Å². The van der Waals surface area contributed by atoms with Crippen LogP contribution < -0.4 is 0 Å². The third-order valence-electron chi connectivity index (χ3n) is 4.76. The summed E-state index contributed by atoms with van der Waals surface area (Å²) in [4.78, 5) is 39.8. The molecule has 1 aliphatic rings. The van der Waals surface area contributed by atoms with E-state index >= 15 is 0 Å². The molecule has 4 rings (SSSR count). The van der Waals surface area contributed by atoms with Crippen LogP contribution in [0.1, 0.15) is 11.1 Å². The maximum atomic E-state index is 12.8. The van der Waals surface area contributed by atoms with Crippen molar-refractivity contribution in [2.24, 2.45) is 0 Å². The van der Waals surface area contributed by atoms with Gasteiger partial charge in [0.1, 0.15) is 5.03 Å². The number of nitrogens with one attached hydrogen (secondary N) is 1. The summed E-state index contributed by atoms with van der Waals surface area (Å²) in [5, 5.41) is 11.7. The number of nitro benzene ring substituents is 1. The lowest BCUT2D eigenvalue weighted by Crippen LogP contribution is -2.33. The number of carbonyl (C=O) groups excluding carboxylic acids is 2. The standard InChI is InChI=1S/C20H14ClN3O4/c21-18-17(12-5-7-14(8-6-12)24(27)28)19(25)23(20(18)26)10-9-13-11-22-16-4-2-1-3-15(13)16/h1-8,11,22H,9-10H2. The number of non-ortho nitro benzene ring substituents is 1. The molecule has 2 amide bonds. The third kappa shape index (κ3) is 2.95. The molecule has 140 valence electrons. The van der Waals surface area contributed by atoms with Crippen LogP contribution in [-0.4, -0.2) is 33.2 Å². The Balaban J connectivity index is 1.55. The number of hydrogen-bond acceptors (Lipinski definition) is 4. The zero-order valence-corrected chi connectivity index (χ0v) is 15.3. The van der Waals surface area contributed by atoms with Crippen LogP contribution in [0, 0.1) is 10.1 Å². The number of rotatable bonds is 5. The average molecular weight is 396 g/mol. The number of nitro groups is 1. The highest BCUT2D eigenvalue weighted by atomic mass is 35.5. The molecule has 0 aliphatic carbocycles. The van der Waals surface area contributed by atoms with Crippen molar-refractivity contribution < 1.29 is 14.5 Å². The van der Waals surface area contributed by atoms with Crippen LogP contribution in [0.2, 0.25) is 0 Å². The molecule has 0 fully saturated rings. The molecule has 8 heteroatoms. The number of nitrogens with zero attached hydrogens (tertiary/aromatic N) is 2. The van der Waals surface area contributed by atoms with Crippen molar-refractivity contribution in [1.82, 2.24) is 9.88 Å². The normalized spacial score (nSPS) is 14.4. The summed E-state index contributed by atoms with van der Waals surface area (Å²) in [5.74, 6) is -1.05. The fraction of sp³-hybridized carbons (Fsp3) is 0.100. The molecule has 0 saturated carbocycles. The topological polar surface area (TPSA) is 96.3 Å². The molecule has 3 aromatic rings. The molecule has 0 atom stereocenters. The van der Waals surface area contributed by atoms with E-state index in [0.29, 0.717) is 12.0 Å². The van der Waals surface area contributed by atoms with Gasteiger partial charge in [-0.2, -0.15) is 0 Å². The summed E-state index contributed by atoms with van der Waals surface area (Å²) in [6.07, 6.45) is 2.35. The van der Waals surface area contributed by atoms with E-state index in [1.54, 1.807) is 0 Å². The smallest absolute Gasteiger partial charge is 0.273 e. The van der Waals surface area contributed by atoms with Crippen molar-refractivity contribution in [3.8, 4) is 0 Å². The van der Waals surface area contributed by atoms with Crippen LogP contribution >= 0.6 is 11.6 Å². The summed E-state index contributed by atoms with van der Waals surface area (Å²) >= 11 is 6.14. The van der Waals surface area contributed by atoms with E-state index in [1.165, 1.54) is 24.3 Å². The number of imide groups is 1. The summed E-state index contributed by atoms with van der Waals surface area (Å²) in [6.45, 7) is 0.187. The average Bonchev–Trinajstić information content (AvgIpc) is 3.20. The van der Waals surface area contributed by atoms with E-state index in [2.05, 4.69) is 4.98 Å². The van der Waals surface area contributed by atoms with Gasteiger partial charge in [0.2, 0.25) is 0 Å². The van der Waals surface area contributed by atoms with Crippen molar-refractivity contribution in [3.05, 3.63) is 81.0 Å². The van der Waals surface area contributed by atoms with Crippen LogP contribution in [-0.2, 0) is 16.0 Å². The number of para-hydroxylation sites is 1. The maximum absolute atomic E-state index is 12.8. The third-order valence-corrected chi connectivity index (χ3v) is 5.11. The number of halogens is 1. The lowest BCUT2D eigenvalue weighted by atomic mass is 10.1. The van der Waals surface area contributed by atoms with Gasteiger partial charge in [-0.05, 0) is 35.7 Å². The fourth-order valence-electron chi connectivity index (χ4n) is 3.32. The van der Waals surface area contributed by atoms with E-state index in [-0.39, 0.29) is 22.8 Å². The first kappa shape index (κ1) is 17.9. The van der Waals surface area contributed by atoms with Crippen LogP contribution in [0.3, 0.4) is 0 Å². The predicted molar refractivity (Wildman–Crippen MR) is 105 cm³/mol. The van der Waals surface area contributed by atoms with Crippen molar-refractivity contribution in [1.29, 1.82) is 0 Å². The predicted octanol–water partition coefficient (Wildman–Crippen LogP) is 3.64. The van der Waals surface area contributed by atoms with Crippen LogP contribution in [0.4, 0.5) is 5.69 Å². The van der Waals surface area contributed by atoms with Crippen molar-refractivity contribution in [2.45, 2.75) is 6.42 Å². The summed E-state index contributed by atoms with van der Waals surface area (Å²) in [5.41, 5.74) is 2.33. The van der Waals surface area contributed by atoms with E-state index in [9.17, 15) is 19.7 Å². The van der Waals surface area contributed by atoms with E-state index in [0.717, 1.165) is 21.4 Å². The number of fused-ring (bicyclic) bond motifs is 1. The molecule has 0 bridgehead atoms. The molecule has 0 saturated heterocycles. The van der Waals surface area contributed by atoms with Gasteiger partial charge in [0.05, 0.1) is 10.5 Å². The number of hydrogen-bond donors (Lipinski definition) is 1. The van der Waals surface area contributed by atoms with E-state index in [1.807, 2.05) is 30.5 Å². The van der Waals surface area contributed by atoms with Gasteiger partial charge < -0.3 is 4.98 Å². The quantitative estimate of drug-likeness (QED) is 0.405. The zero-order valence-electron chi connectivity index (χ0n) is 14.5. The first-order chi connectivity index (χ1) is 13.5. The summed E-state index contributed by atoms with van der Waals surface area (Å²) in [6, 6.07) is 13.2. The number of H-pyrrole nitrogens is 1. The minimum Gasteiger partial charge on any atom is -0.361 e. The molecule has 0 unspecified atom stereocenters. The number of carbonyl (C=O) groups is 2. The van der Waals surface area contributed by atoms with Gasteiger partial charge in [-0.1, -0.05) is 29.8 Å². The van der Waals surface area contributed by atoms with E-state index in [4.69, 9.17) is 11.6 Å². The minimum atomic E-state index is -0.556. The SMILES string of the molecule is O=C1C(Cl)=C(c2ccc([N+](=O)[O-])cc2)C(=O)N1CCc1c[nH]c2ccccc12. The van der Waals surface area contributed by atoms with E-state index < -0.39 is 16.7 Å². The molecule has 7 nitrogen and oxygen atoms in total. The lowest BCUT2D eigenvalue weighted by molar-refractivity contribution is -0.384. The first-order valence-corrected chi connectivity index (χ1v) is 8.91. The second-order valence-electron chi connectivity index (χ2n) is 6.36. The Labute approximate surface area is 164 Å². The Morgan fingerprint density at radius 3 is 2.46 bits per heavy atom. The Bertz CT molecular complexity index is 1150. The lowest BCUT2D eigenvalue weighted by Gasteiger charge is -2.14. The molecule has 0 radical (unpaired) electrons. The molecule has 0 spiro atoms. The van der Waals surface area contributed by atoms with Gasteiger partial charge >= 0.3 is 0 Å². The highest BCUT2D eigenvalue weighted by Crippen LogP contribution is 2.32. The molecule has 1 N–H and O–H groups in total. The van der Waals surface area contributed by atoms with Crippen molar-refractivity contribution >= 4 is 45.6 Å². The van der Waals surface area contributed by atoms with Crippen LogP contribution in [0.5, 0.6) is 0 Å². The van der Waals surface area contributed by atoms with Gasteiger partial charge in [0.15, 0.2) is 0 Å². The Morgan fingerprint density at radius 2 is 1.75 bits per heavy atom. The zero-order chi connectivity index (χ0) is 19.8. The molecule has 2 heterocycles. The highest BCUT2D eigenvalue weighted by molar-refractivity contribution is 6.55. The molecular formula is C20H14ClN3O4. The fourth-order valence-corrected chi connectivity index (χ4v) is 3.61. The number of aromatic amines is 1. The van der Waals surface area contributed by atoms with Crippen LogP contribution in [0.25, 0.3) is 16.5 Å². The molecule has 1 aliphatic heterocycles. The second-order valence-corrected chi connectivity index (χ2v) is 6.74. The van der Waals surface area contributed by atoms with Crippen molar-refractivity contribution in [2.75, 3.05) is 6.54 Å². The van der Waals surface area contributed by atoms with Gasteiger partial charge in [-0.25, -0.2) is 0 Å². The molecular weight excluding hydrogens is 382 g/mol. The minimum absolute atomic E-state index is 0.0699. The maximum Gasteiger partial charge on any atom is 0.273 e. The largest absolute Gasteiger partial charge is 0.361 e. The molecule has 1 aromatic heterocycles.